The first kappa shape index (κ1) is 18.4. The van der Waals surface area contributed by atoms with Crippen molar-refractivity contribution in [3.8, 4) is 5.69 Å². The Labute approximate surface area is 161 Å². The second kappa shape index (κ2) is 7.47. The smallest absolute Gasteiger partial charge is 0.338 e. The third kappa shape index (κ3) is 3.59. The van der Waals surface area contributed by atoms with Gasteiger partial charge in [0.05, 0.1) is 17.1 Å². The molecule has 0 saturated carbocycles. The summed E-state index contributed by atoms with van der Waals surface area (Å²) in [7, 11) is 0. The Hall–Kier alpha value is -2.38. The molecular weight excluding hydrogens is 368 g/mol. The summed E-state index contributed by atoms with van der Waals surface area (Å²) in [6, 6.07) is 9.32. The van der Waals surface area contributed by atoms with E-state index < -0.39 is 0 Å². The van der Waals surface area contributed by atoms with E-state index >= 15 is 0 Å². The van der Waals surface area contributed by atoms with Gasteiger partial charge in [0.25, 0.3) is 5.91 Å². The highest BCUT2D eigenvalue weighted by Gasteiger charge is 2.23. The van der Waals surface area contributed by atoms with Gasteiger partial charge in [-0.1, -0.05) is 30.0 Å². The molecule has 3 rings (SSSR count). The molecule has 0 bridgehead atoms. The number of rotatable bonds is 4. The van der Waals surface area contributed by atoms with Gasteiger partial charge in [0.1, 0.15) is 4.32 Å². The molecule has 1 amide bonds. The molecule has 1 aliphatic heterocycles. The van der Waals surface area contributed by atoms with E-state index in [1.807, 2.05) is 42.7 Å². The van der Waals surface area contributed by atoms with Crippen LogP contribution in [0.5, 0.6) is 0 Å². The van der Waals surface area contributed by atoms with Gasteiger partial charge in [0.2, 0.25) is 0 Å². The van der Waals surface area contributed by atoms with E-state index in [9.17, 15) is 9.59 Å². The zero-order valence-electron chi connectivity index (χ0n) is 14.7. The molecule has 1 fully saturated rings. The number of hydrogen-bond donors (Lipinski definition) is 1. The van der Waals surface area contributed by atoms with Crippen LogP contribution in [-0.4, -0.2) is 27.4 Å². The van der Waals surface area contributed by atoms with Crippen LogP contribution in [-0.2, 0) is 9.53 Å². The minimum Gasteiger partial charge on any atom is -0.462 e. The minimum atomic E-state index is -0.341. The molecule has 1 aliphatic rings. The van der Waals surface area contributed by atoms with Gasteiger partial charge in [-0.05, 0) is 56.7 Å². The van der Waals surface area contributed by atoms with Gasteiger partial charge < -0.3 is 14.6 Å². The lowest BCUT2D eigenvalue weighted by molar-refractivity contribution is -0.115. The molecule has 2 heterocycles. The van der Waals surface area contributed by atoms with Gasteiger partial charge >= 0.3 is 5.97 Å². The molecule has 1 N–H and O–H groups in total. The number of nitrogens with one attached hydrogen (secondary N) is 1. The Balaban J connectivity index is 2.00. The van der Waals surface area contributed by atoms with Crippen LogP contribution in [0.2, 0.25) is 0 Å². The van der Waals surface area contributed by atoms with Crippen molar-refractivity contribution in [3.05, 3.63) is 57.8 Å². The van der Waals surface area contributed by atoms with Gasteiger partial charge in [0, 0.05) is 17.1 Å². The predicted octanol–water partition coefficient (Wildman–Crippen LogP) is 3.76. The third-order valence-electron chi connectivity index (χ3n) is 4.01. The van der Waals surface area contributed by atoms with Crippen molar-refractivity contribution in [1.29, 1.82) is 0 Å². The summed E-state index contributed by atoms with van der Waals surface area (Å²) in [5.74, 6) is -0.513. The molecule has 1 saturated heterocycles. The number of carbonyl (C=O) groups excluding carboxylic acids is 2. The average Bonchev–Trinajstić information content (AvgIpc) is 3.06. The monoisotopic (exact) mass is 386 g/mol. The zero-order chi connectivity index (χ0) is 18.8. The fraction of sp³-hybridized carbons (Fsp3) is 0.211. The SMILES string of the molecule is CCOC(=O)c1cccc(-n2c(C)cc(/C=C3/SC(=S)NC3=O)c2C)c1. The molecular formula is C19H18N2O3S2. The Morgan fingerprint density at radius 2 is 2.12 bits per heavy atom. The lowest BCUT2D eigenvalue weighted by Gasteiger charge is -2.11. The number of thioether (sulfide) groups is 1. The van der Waals surface area contributed by atoms with Crippen LogP contribution in [0, 0.1) is 13.8 Å². The van der Waals surface area contributed by atoms with Crippen LogP contribution in [0.4, 0.5) is 0 Å². The first-order valence-corrected chi connectivity index (χ1v) is 9.34. The van der Waals surface area contributed by atoms with Crippen molar-refractivity contribution in [1.82, 2.24) is 9.88 Å². The summed E-state index contributed by atoms with van der Waals surface area (Å²) in [5, 5.41) is 2.62. The van der Waals surface area contributed by atoms with Crippen molar-refractivity contribution >= 4 is 46.3 Å². The van der Waals surface area contributed by atoms with Gasteiger partial charge in [-0.2, -0.15) is 0 Å². The number of ether oxygens (including phenoxy) is 1. The Bertz CT molecular complexity index is 944. The maximum Gasteiger partial charge on any atom is 0.338 e. The number of benzene rings is 1. The summed E-state index contributed by atoms with van der Waals surface area (Å²) in [5.41, 5.74) is 4.29. The van der Waals surface area contributed by atoms with Gasteiger partial charge in [0.15, 0.2) is 0 Å². The molecule has 0 unspecified atom stereocenters. The van der Waals surface area contributed by atoms with E-state index in [2.05, 4.69) is 5.32 Å². The zero-order valence-corrected chi connectivity index (χ0v) is 16.3. The molecule has 1 aromatic heterocycles. The van der Waals surface area contributed by atoms with E-state index in [1.165, 1.54) is 11.8 Å². The van der Waals surface area contributed by atoms with Crippen molar-refractivity contribution < 1.29 is 14.3 Å². The summed E-state index contributed by atoms with van der Waals surface area (Å²) < 4.78 is 7.59. The van der Waals surface area contributed by atoms with Gasteiger partial charge in [-0.25, -0.2) is 4.79 Å². The van der Waals surface area contributed by atoms with Gasteiger partial charge in [-0.3, -0.25) is 4.79 Å². The first-order valence-electron chi connectivity index (χ1n) is 8.12. The average molecular weight is 386 g/mol. The highest BCUT2D eigenvalue weighted by molar-refractivity contribution is 8.26. The second-order valence-corrected chi connectivity index (χ2v) is 7.50. The number of esters is 1. The van der Waals surface area contributed by atoms with E-state index in [-0.39, 0.29) is 11.9 Å². The van der Waals surface area contributed by atoms with Crippen LogP contribution >= 0.6 is 24.0 Å². The molecule has 0 spiro atoms. The van der Waals surface area contributed by atoms with Crippen LogP contribution in [0.25, 0.3) is 11.8 Å². The Morgan fingerprint density at radius 1 is 1.35 bits per heavy atom. The molecule has 0 aliphatic carbocycles. The van der Waals surface area contributed by atoms with Gasteiger partial charge in [-0.15, -0.1) is 0 Å². The van der Waals surface area contributed by atoms with E-state index in [0.29, 0.717) is 21.4 Å². The van der Waals surface area contributed by atoms with Crippen LogP contribution in [0.15, 0.2) is 35.2 Å². The fourth-order valence-corrected chi connectivity index (χ4v) is 3.91. The van der Waals surface area contributed by atoms with E-state index in [0.717, 1.165) is 22.6 Å². The lowest BCUT2D eigenvalue weighted by Crippen LogP contribution is -2.17. The number of amides is 1. The summed E-state index contributed by atoms with van der Waals surface area (Å²) in [6.07, 6.45) is 1.84. The maximum absolute atomic E-state index is 12.0. The number of aromatic nitrogens is 1. The summed E-state index contributed by atoms with van der Waals surface area (Å²) >= 11 is 6.29. The normalized spacial score (nSPS) is 15.4. The number of hydrogen-bond acceptors (Lipinski definition) is 5. The Morgan fingerprint density at radius 3 is 2.77 bits per heavy atom. The molecule has 0 atom stereocenters. The molecule has 1 aromatic carbocycles. The molecule has 0 radical (unpaired) electrons. The minimum absolute atomic E-state index is 0.172. The lowest BCUT2D eigenvalue weighted by atomic mass is 10.2. The topological polar surface area (TPSA) is 60.3 Å². The number of carbonyl (C=O) groups is 2. The number of nitrogens with zero attached hydrogens (tertiary/aromatic N) is 1. The number of aryl methyl sites for hydroxylation is 1. The molecule has 26 heavy (non-hydrogen) atoms. The summed E-state index contributed by atoms with van der Waals surface area (Å²) in [4.78, 5) is 24.5. The molecule has 7 heteroatoms. The Kier molecular flexibility index (Phi) is 5.29. The molecule has 2 aromatic rings. The maximum atomic E-state index is 12.0. The summed E-state index contributed by atoms with van der Waals surface area (Å²) in [6.45, 7) is 6.08. The van der Waals surface area contributed by atoms with E-state index in [1.54, 1.807) is 19.1 Å². The van der Waals surface area contributed by atoms with E-state index in [4.69, 9.17) is 17.0 Å². The highest BCUT2D eigenvalue weighted by atomic mass is 32.2. The largest absolute Gasteiger partial charge is 0.462 e. The first-order chi connectivity index (χ1) is 12.4. The van der Waals surface area contributed by atoms with Crippen LogP contribution in [0.3, 0.4) is 0 Å². The van der Waals surface area contributed by atoms with Crippen LogP contribution in [0.1, 0.15) is 34.2 Å². The van der Waals surface area contributed by atoms with Crippen LogP contribution < -0.4 is 5.32 Å². The number of thiocarbonyl (C=S) groups is 1. The second-order valence-electron chi connectivity index (χ2n) is 5.78. The molecule has 134 valence electrons. The van der Waals surface area contributed by atoms with Crippen molar-refractivity contribution in [3.63, 3.8) is 0 Å². The van der Waals surface area contributed by atoms with Crippen molar-refractivity contribution in [2.45, 2.75) is 20.8 Å². The van der Waals surface area contributed by atoms with Crippen molar-refractivity contribution in [2.75, 3.05) is 6.61 Å². The third-order valence-corrected chi connectivity index (χ3v) is 5.18. The quantitative estimate of drug-likeness (QED) is 0.493. The highest BCUT2D eigenvalue weighted by Crippen LogP contribution is 2.29. The fourth-order valence-electron chi connectivity index (χ4n) is 2.88. The predicted molar refractivity (Wildman–Crippen MR) is 108 cm³/mol. The van der Waals surface area contributed by atoms with Crippen molar-refractivity contribution in [2.24, 2.45) is 0 Å². The standard InChI is InChI=1S/C19H18N2O3S2/c1-4-24-18(23)13-6-5-7-15(9-13)21-11(2)8-14(12(21)3)10-16-17(22)20-19(25)26-16/h5-10H,4H2,1-3H3,(H,20,22,25)/b16-10+. The molecule has 5 nitrogen and oxygen atoms in total.